The van der Waals surface area contributed by atoms with Gasteiger partial charge in [-0.25, -0.2) is 4.39 Å². The molecule has 1 unspecified atom stereocenters. The summed E-state index contributed by atoms with van der Waals surface area (Å²) in [6.45, 7) is 6.16. The van der Waals surface area contributed by atoms with Crippen LogP contribution in [0.2, 0.25) is 10.0 Å². The maximum atomic E-state index is 13.2. The SMILES string of the molecule is Cc1ccc(C(C)Nc2c(Cl)cc(F)cc2Cl)cc1C. The van der Waals surface area contributed by atoms with E-state index in [9.17, 15) is 4.39 Å². The van der Waals surface area contributed by atoms with Gasteiger partial charge in [0.1, 0.15) is 5.82 Å². The predicted octanol–water partition coefficient (Wildman–Crippen LogP) is 5.92. The van der Waals surface area contributed by atoms with Crippen LogP contribution in [0.5, 0.6) is 0 Å². The fourth-order valence-electron chi connectivity index (χ4n) is 2.01. The van der Waals surface area contributed by atoms with Gasteiger partial charge in [-0.15, -0.1) is 0 Å². The number of hydrogen-bond donors (Lipinski definition) is 1. The van der Waals surface area contributed by atoms with Crippen LogP contribution < -0.4 is 5.32 Å². The van der Waals surface area contributed by atoms with E-state index in [4.69, 9.17) is 23.2 Å². The molecule has 0 radical (unpaired) electrons. The summed E-state index contributed by atoms with van der Waals surface area (Å²) >= 11 is 12.1. The average Bonchev–Trinajstić information content (AvgIpc) is 2.36. The van der Waals surface area contributed by atoms with Gasteiger partial charge in [0, 0.05) is 6.04 Å². The van der Waals surface area contributed by atoms with Gasteiger partial charge in [-0.3, -0.25) is 0 Å². The molecular weight excluding hydrogens is 296 g/mol. The summed E-state index contributed by atoms with van der Waals surface area (Å²) in [5.41, 5.74) is 4.16. The summed E-state index contributed by atoms with van der Waals surface area (Å²) < 4.78 is 13.2. The molecule has 4 heteroatoms. The molecule has 106 valence electrons. The lowest BCUT2D eigenvalue weighted by Crippen LogP contribution is -2.08. The molecule has 0 fully saturated rings. The summed E-state index contributed by atoms with van der Waals surface area (Å²) in [6.07, 6.45) is 0. The highest BCUT2D eigenvalue weighted by atomic mass is 35.5. The van der Waals surface area contributed by atoms with Crippen LogP contribution in [0.1, 0.15) is 29.7 Å². The van der Waals surface area contributed by atoms with E-state index in [1.807, 2.05) is 6.92 Å². The predicted molar refractivity (Wildman–Crippen MR) is 84.4 cm³/mol. The Kier molecular flexibility index (Phi) is 4.56. The lowest BCUT2D eigenvalue weighted by Gasteiger charge is -2.19. The highest BCUT2D eigenvalue weighted by Gasteiger charge is 2.13. The molecule has 0 heterocycles. The minimum absolute atomic E-state index is 0.0229. The quantitative estimate of drug-likeness (QED) is 0.741. The van der Waals surface area contributed by atoms with Crippen molar-refractivity contribution in [1.29, 1.82) is 0 Å². The van der Waals surface area contributed by atoms with E-state index in [0.717, 1.165) is 5.56 Å². The van der Waals surface area contributed by atoms with Crippen molar-refractivity contribution < 1.29 is 4.39 Å². The van der Waals surface area contributed by atoms with Gasteiger partial charge in [-0.05, 0) is 49.6 Å². The molecule has 0 aliphatic rings. The molecule has 0 aliphatic carbocycles. The number of rotatable bonds is 3. The third-order valence-corrected chi connectivity index (χ3v) is 3.99. The first-order chi connectivity index (χ1) is 9.38. The van der Waals surface area contributed by atoms with Crippen molar-refractivity contribution in [2.24, 2.45) is 0 Å². The zero-order chi connectivity index (χ0) is 14.9. The first-order valence-corrected chi connectivity index (χ1v) is 7.12. The van der Waals surface area contributed by atoms with Crippen LogP contribution >= 0.6 is 23.2 Å². The Morgan fingerprint density at radius 2 is 1.60 bits per heavy atom. The van der Waals surface area contributed by atoms with Crippen LogP contribution in [-0.2, 0) is 0 Å². The second-order valence-corrected chi connectivity index (χ2v) is 5.77. The molecule has 2 rings (SSSR count). The first kappa shape index (κ1) is 15.1. The van der Waals surface area contributed by atoms with Crippen LogP contribution in [0.15, 0.2) is 30.3 Å². The lowest BCUT2D eigenvalue weighted by molar-refractivity contribution is 0.628. The van der Waals surface area contributed by atoms with Crippen LogP contribution in [0.25, 0.3) is 0 Å². The second kappa shape index (κ2) is 6.02. The Labute approximate surface area is 128 Å². The van der Waals surface area contributed by atoms with Gasteiger partial charge in [-0.1, -0.05) is 41.4 Å². The van der Waals surface area contributed by atoms with Gasteiger partial charge in [0.25, 0.3) is 0 Å². The molecule has 0 spiro atoms. The molecule has 0 saturated carbocycles. The average molecular weight is 312 g/mol. The number of anilines is 1. The molecule has 1 N–H and O–H groups in total. The summed E-state index contributed by atoms with van der Waals surface area (Å²) in [4.78, 5) is 0. The zero-order valence-corrected chi connectivity index (χ0v) is 13.1. The number of nitrogens with one attached hydrogen (secondary N) is 1. The van der Waals surface area contributed by atoms with Crippen molar-refractivity contribution in [3.8, 4) is 0 Å². The summed E-state index contributed by atoms with van der Waals surface area (Å²) in [5, 5.41) is 3.80. The van der Waals surface area contributed by atoms with E-state index in [1.165, 1.54) is 23.3 Å². The topological polar surface area (TPSA) is 12.0 Å². The summed E-state index contributed by atoms with van der Waals surface area (Å²) in [6, 6.07) is 8.79. The van der Waals surface area contributed by atoms with Crippen molar-refractivity contribution in [2.45, 2.75) is 26.8 Å². The molecular formula is C16H16Cl2FN. The Bertz CT molecular complexity index is 617. The molecule has 0 aromatic heterocycles. The molecule has 0 bridgehead atoms. The van der Waals surface area contributed by atoms with Crippen LogP contribution in [0.3, 0.4) is 0 Å². The third kappa shape index (κ3) is 3.25. The number of benzene rings is 2. The van der Waals surface area contributed by atoms with Crippen molar-refractivity contribution in [3.05, 3.63) is 62.9 Å². The molecule has 0 saturated heterocycles. The standard InChI is InChI=1S/C16H16Cl2FN/c1-9-4-5-12(6-10(9)2)11(3)20-16-14(17)7-13(19)8-15(16)18/h4-8,11,20H,1-3H3. The maximum Gasteiger partial charge on any atom is 0.126 e. The van der Waals surface area contributed by atoms with Crippen LogP contribution in [-0.4, -0.2) is 0 Å². The van der Waals surface area contributed by atoms with E-state index in [2.05, 4.69) is 37.4 Å². The normalized spacial score (nSPS) is 12.3. The first-order valence-electron chi connectivity index (χ1n) is 6.36. The number of hydrogen-bond acceptors (Lipinski definition) is 1. The number of aryl methyl sites for hydroxylation is 2. The largest absolute Gasteiger partial charge is 0.376 e. The van der Waals surface area contributed by atoms with Crippen molar-refractivity contribution in [1.82, 2.24) is 0 Å². The van der Waals surface area contributed by atoms with Crippen molar-refractivity contribution in [2.75, 3.05) is 5.32 Å². The molecule has 0 aliphatic heterocycles. The molecule has 2 aromatic rings. The molecule has 20 heavy (non-hydrogen) atoms. The van der Waals surface area contributed by atoms with Gasteiger partial charge >= 0.3 is 0 Å². The van der Waals surface area contributed by atoms with Crippen LogP contribution in [0.4, 0.5) is 10.1 Å². The molecule has 0 amide bonds. The van der Waals surface area contributed by atoms with E-state index < -0.39 is 5.82 Å². The Balaban J connectivity index is 2.27. The van der Waals surface area contributed by atoms with Gasteiger partial charge in [0.05, 0.1) is 15.7 Å². The zero-order valence-electron chi connectivity index (χ0n) is 11.6. The Morgan fingerprint density at radius 1 is 1.00 bits per heavy atom. The van der Waals surface area contributed by atoms with Gasteiger partial charge < -0.3 is 5.32 Å². The number of halogens is 3. The van der Waals surface area contributed by atoms with Gasteiger partial charge in [0.15, 0.2) is 0 Å². The van der Waals surface area contributed by atoms with E-state index in [1.54, 1.807) is 0 Å². The van der Waals surface area contributed by atoms with E-state index in [0.29, 0.717) is 5.69 Å². The van der Waals surface area contributed by atoms with Gasteiger partial charge in [-0.2, -0.15) is 0 Å². The maximum absolute atomic E-state index is 13.2. The third-order valence-electron chi connectivity index (χ3n) is 3.40. The highest BCUT2D eigenvalue weighted by molar-refractivity contribution is 6.39. The van der Waals surface area contributed by atoms with Crippen molar-refractivity contribution >= 4 is 28.9 Å². The summed E-state index contributed by atoms with van der Waals surface area (Å²) in [7, 11) is 0. The monoisotopic (exact) mass is 311 g/mol. The molecule has 2 aromatic carbocycles. The van der Waals surface area contributed by atoms with Crippen LogP contribution in [0, 0.1) is 19.7 Å². The minimum atomic E-state index is -0.440. The Morgan fingerprint density at radius 3 is 2.15 bits per heavy atom. The molecule has 1 nitrogen and oxygen atoms in total. The van der Waals surface area contributed by atoms with Gasteiger partial charge in [0.2, 0.25) is 0 Å². The summed E-state index contributed by atoms with van der Waals surface area (Å²) in [5.74, 6) is -0.440. The fourth-order valence-corrected chi connectivity index (χ4v) is 2.58. The Hall–Kier alpha value is -1.25. The fraction of sp³-hybridized carbons (Fsp3) is 0.250. The minimum Gasteiger partial charge on any atom is -0.376 e. The lowest BCUT2D eigenvalue weighted by atomic mass is 10.0. The van der Waals surface area contributed by atoms with Crippen molar-refractivity contribution in [3.63, 3.8) is 0 Å². The van der Waals surface area contributed by atoms with E-state index >= 15 is 0 Å². The van der Waals surface area contributed by atoms with E-state index in [-0.39, 0.29) is 16.1 Å². The molecule has 1 atom stereocenters. The second-order valence-electron chi connectivity index (χ2n) is 4.95. The highest BCUT2D eigenvalue weighted by Crippen LogP contribution is 2.34. The smallest absolute Gasteiger partial charge is 0.126 e.